The first-order valence-electron chi connectivity index (χ1n) is 7.00. The molecule has 106 valence electrons. The van der Waals surface area contributed by atoms with Crippen LogP contribution in [0.15, 0.2) is 48.2 Å². The number of aromatic nitrogens is 2. The Kier molecular flexibility index (Phi) is 3.20. The summed E-state index contributed by atoms with van der Waals surface area (Å²) in [6, 6.07) is 8.06. The second kappa shape index (κ2) is 5.33. The highest BCUT2D eigenvalue weighted by atomic mass is 32.1. The van der Waals surface area contributed by atoms with Gasteiger partial charge in [0.05, 0.1) is 12.8 Å². The third-order valence-electron chi connectivity index (χ3n) is 3.74. The number of hydrogen-bond acceptors (Lipinski definition) is 5. The van der Waals surface area contributed by atoms with Crippen LogP contribution in [0, 0.1) is 5.92 Å². The summed E-state index contributed by atoms with van der Waals surface area (Å²) in [6.07, 6.45) is 5.41. The third-order valence-corrected chi connectivity index (χ3v) is 4.62. The lowest BCUT2D eigenvalue weighted by Crippen LogP contribution is -2.49. The molecule has 0 radical (unpaired) electrons. The Bertz CT molecular complexity index is 737. The van der Waals surface area contributed by atoms with Gasteiger partial charge in [0, 0.05) is 41.5 Å². The fourth-order valence-electron chi connectivity index (χ4n) is 2.63. The molecular formula is C16H15N3OS. The van der Waals surface area contributed by atoms with Crippen molar-refractivity contribution in [1.29, 1.82) is 0 Å². The molecule has 4 nitrogen and oxygen atoms in total. The van der Waals surface area contributed by atoms with Crippen LogP contribution in [-0.2, 0) is 0 Å². The van der Waals surface area contributed by atoms with Gasteiger partial charge in [0.1, 0.15) is 11.6 Å². The Hall–Kier alpha value is -2.14. The predicted octanol–water partition coefficient (Wildman–Crippen LogP) is 3.21. The van der Waals surface area contributed by atoms with Gasteiger partial charge in [0.25, 0.3) is 0 Å². The molecule has 0 amide bonds. The first-order valence-corrected chi connectivity index (χ1v) is 7.88. The van der Waals surface area contributed by atoms with Crippen molar-refractivity contribution in [2.45, 2.75) is 0 Å². The van der Waals surface area contributed by atoms with Crippen LogP contribution in [0.3, 0.4) is 0 Å². The molecule has 0 aliphatic carbocycles. The van der Waals surface area contributed by atoms with E-state index in [-0.39, 0.29) is 0 Å². The smallest absolute Gasteiger partial charge is 0.137 e. The van der Waals surface area contributed by atoms with Crippen molar-refractivity contribution in [2.24, 2.45) is 5.92 Å². The van der Waals surface area contributed by atoms with E-state index in [0.717, 1.165) is 31.3 Å². The van der Waals surface area contributed by atoms with Crippen LogP contribution in [0.5, 0.6) is 5.75 Å². The molecule has 4 heterocycles. The van der Waals surface area contributed by atoms with Crippen molar-refractivity contribution in [1.82, 2.24) is 9.97 Å². The Morgan fingerprint density at radius 2 is 2.19 bits per heavy atom. The minimum absolute atomic E-state index is 0.556. The highest BCUT2D eigenvalue weighted by molar-refractivity contribution is 7.17. The van der Waals surface area contributed by atoms with Crippen LogP contribution in [0.4, 0.5) is 5.82 Å². The van der Waals surface area contributed by atoms with Crippen LogP contribution in [0.25, 0.3) is 10.1 Å². The van der Waals surface area contributed by atoms with Gasteiger partial charge in [-0.2, -0.15) is 0 Å². The summed E-state index contributed by atoms with van der Waals surface area (Å²) in [5.74, 6) is 2.50. The fraction of sp³-hybridized carbons (Fsp3) is 0.250. The predicted molar refractivity (Wildman–Crippen MR) is 85.1 cm³/mol. The summed E-state index contributed by atoms with van der Waals surface area (Å²) in [6.45, 7) is 2.74. The van der Waals surface area contributed by atoms with E-state index >= 15 is 0 Å². The van der Waals surface area contributed by atoms with E-state index in [1.807, 2.05) is 18.3 Å². The number of hydrogen-bond donors (Lipinski definition) is 0. The summed E-state index contributed by atoms with van der Waals surface area (Å²) < 4.78 is 7.06. The lowest BCUT2D eigenvalue weighted by atomic mass is 10.0. The molecule has 5 heteroatoms. The average Bonchev–Trinajstić information content (AvgIpc) is 2.96. The molecule has 0 spiro atoms. The third kappa shape index (κ3) is 2.45. The molecule has 4 rings (SSSR count). The molecule has 0 bridgehead atoms. The van der Waals surface area contributed by atoms with Gasteiger partial charge in [-0.15, -0.1) is 11.3 Å². The van der Waals surface area contributed by atoms with Crippen molar-refractivity contribution in [3.63, 3.8) is 0 Å². The summed E-state index contributed by atoms with van der Waals surface area (Å²) in [5.41, 5.74) is 0. The van der Waals surface area contributed by atoms with Crippen LogP contribution >= 0.6 is 11.3 Å². The molecule has 3 aromatic heterocycles. The molecule has 1 aliphatic heterocycles. The maximum Gasteiger partial charge on any atom is 0.137 e. The number of thiophene rings is 1. The minimum atomic E-state index is 0.556. The van der Waals surface area contributed by atoms with Gasteiger partial charge in [0.15, 0.2) is 0 Å². The van der Waals surface area contributed by atoms with Gasteiger partial charge < -0.3 is 9.64 Å². The van der Waals surface area contributed by atoms with Gasteiger partial charge in [-0.05, 0) is 29.6 Å². The highest BCUT2D eigenvalue weighted by Crippen LogP contribution is 2.32. The number of ether oxygens (including phenoxy) is 1. The fourth-order valence-corrected chi connectivity index (χ4v) is 3.40. The van der Waals surface area contributed by atoms with Gasteiger partial charge >= 0.3 is 0 Å². The maximum absolute atomic E-state index is 5.76. The van der Waals surface area contributed by atoms with Crippen LogP contribution in [0.2, 0.25) is 0 Å². The van der Waals surface area contributed by atoms with E-state index in [9.17, 15) is 0 Å². The molecule has 0 unspecified atom stereocenters. The number of nitrogens with zero attached hydrogens (tertiary/aromatic N) is 3. The first-order chi connectivity index (χ1) is 10.4. The van der Waals surface area contributed by atoms with Gasteiger partial charge in [-0.1, -0.05) is 0 Å². The molecule has 1 saturated heterocycles. The van der Waals surface area contributed by atoms with Gasteiger partial charge in [-0.3, -0.25) is 4.98 Å². The van der Waals surface area contributed by atoms with E-state index < -0.39 is 0 Å². The van der Waals surface area contributed by atoms with Crippen LogP contribution < -0.4 is 9.64 Å². The highest BCUT2D eigenvalue weighted by Gasteiger charge is 2.29. The SMILES string of the molecule is c1cncc(OCC2CN(c3nccc4sccc34)C2)c1. The molecule has 3 aromatic rings. The Balaban J connectivity index is 1.38. The van der Waals surface area contributed by atoms with E-state index in [2.05, 4.69) is 32.4 Å². The molecule has 0 N–H and O–H groups in total. The van der Waals surface area contributed by atoms with E-state index in [4.69, 9.17) is 4.74 Å². The zero-order valence-electron chi connectivity index (χ0n) is 11.5. The van der Waals surface area contributed by atoms with Crippen LogP contribution in [-0.4, -0.2) is 29.7 Å². The maximum atomic E-state index is 5.76. The van der Waals surface area contributed by atoms with Crippen molar-refractivity contribution in [3.8, 4) is 5.75 Å². The van der Waals surface area contributed by atoms with E-state index in [1.165, 1.54) is 10.1 Å². The lowest BCUT2D eigenvalue weighted by Gasteiger charge is -2.40. The summed E-state index contributed by atoms with van der Waals surface area (Å²) in [5, 5.41) is 3.38. The molecule has 0 atom stereocenters. The topological polar surface area (TPSA) is 38.2 Å². The number of rotatable bonds is 4. The molecule has 0 aromatic carbocycles. The van der Waals surface area contributed by atoms with Gasteiger partial charge in [0.2, 0.25) is 0 Å². The van der Waals surface area contributed by atoms with Crippen molar-refractivity contribution in [2.75, 3.05) is 24.6 Å². The Morgan fingerprint density at radius 3 is 3.05 bits per heavy atom. The monoisotopic (exact) mass is 297 g/mol. The molecule has 0 saturated carbocycles. The zero-order chi connectivity index (χ0) is 14.1. The van der Waals surface area contributed by atoms with Crippen LogP contribution in [0.1, 0.15) is 0 Å². The van der Waals surface area contributed by atoms with Crippen molar-refractivity contribution < 1.29 is 4.74 Å². The second-order valence-corrected chi connectivity index (χ2v) is 6.19. The number of anilines is 1. The number of pyridine rings is 2. The van der Waals surface area contributed by atoms with Gasteiger partial charge in [-0.25, -0.2) is 4.98 Å². The second-order valence-electron chi connectivity index (χ2n) is 5.24. The minimum Gasteiger partial charge on any atom is -0.492 e. The molecule has 1 aliphatic rings. The summed E-state index contributed by atoms with van der Waals surface area (Å²) in [7, 11) is 0. The first kappa shape index (κ1) is 12.6. The summed E-state index contributed by atoms with van der Waals surface area (Å²) in [4.78, 5) is 10.9. The molecular weight excluding hydrogens is 282 g/mol. The zero-order valence-corrected chi connectivity index (χ0v) is 12.3. The normalized spacial score (nSPS) is 15.1. The van der Waals surface area contributed by atoms with Crippen molar-refractivity contribution in [3.05, 3.63) is 48.2 Å². The van der Waals surface area contributed by atoms with E-state index in [0.29, 0.717) is 5.92 Å². The Labute approximate surface area is 127 Å². The molecule has 21 heavy (non-hydrogen) atoms. The molecule has 1 fully saturated rings. The lowest BCUT2D eigenvalue weighted by molar-refractivity contribution is 0.220. The number of fused-ring (bicyclic) bond motifs is 1. The average molecular weight is 297 g/mol. The van der Waals surface area contributed by atoms with Crippen molar-refractivity contribution >= 4 is 27.2 Å². The van der Waals surface area contributed by atoms with E-state index in [1.54, 1.807) is 23.7 Å². The quantitative estimate of drug-likeness (QED) is 0.741. The standard InChI is InChI=1S/C16H15N3OS/c1-2-13(8-17-5-1)20-11-12-9-19(10-12)16-14-4-7-21-15(14)3-6-18-16/h1-8,12H,9-11H2. The largest absolute Gasteiger partial charge is 0.492 e. The summed E-state index contributed by atoms with van der Waals surface area (Å²) >= 11 is 1.76. The Morgan fingerprint density at radius 1 is 1.24 bits per heavy atom.